The molecular formula is C14H11FN6O. The van der Waals surface area contributed by atoms with Crippen molar-refractivity contribution in [3.63, 3.8) is 0 Å². The number of carbonyl (C=O) groups excluding carboxylic acids is 1. The zero-order chi connectivity index (χ0) is 15.4. The van der Waals surface area contributed by atoms with Crippen LogP contribution in [0.2, 0.25) is 0 Å². The number of pyridine rings is 1. The molecule has 2 heterocycles. The third-order valence-electron chi connectivity index (χ3n) is 2.98. The Bertz CT molecular complexity index is 775. The first-order chi connectivity index (χ1) is 10.7. The molecule has 0 aliphatic carbocycles. The fourth-order valence-electron chi connectivity index (χ4n) is 1.89. The van der Waals surface area contributed by atoms with Gasteiger partial charge in [0.25, 0.3) is 5.91 Å². The van der Waals surface area contributed by atoms with Crippen molar-refractivity contribution < 1.29 is 9.18 Å². The minimum absolute atomic E-state index is 0.0723. The Hall–Kier alpha value is -3.16. The summed E-state index contributed by atoms with van der Waals surface area (Å²) < 4.78 is 15.2. The number of halogens is 1. The SMILES string of the molecule is O=C(NCc1cccnc1)c1cc(-n2cnnn2)ccc1F. The summed E-state index contributed by atoms with van der Waals surface area (Å²) in [5.41, 5.74) is 1.25. The molecule has 0 atom stereocenters. The number of benzene rings is 1. The summed E-state index contributed by atoms with van der Waals surface area (Å²) in [6.07, 6.45) is 4.64. The molecule has 0 bridgehead atoms. The number of aromatic nitrogens is 5. The Kier molecular flexibility index (Phi) is 3.82. The van der Waals surface area contributed by atoms with E-state index < -0.39 is 11.7 Å². The molecule has 3 rings (SSSR count). The molecule has 0 saturated carbocycles. The number of hydrogen-bond donors (Lipinski definition) is 1. The van der Waals surface area contributed by atoms with E-state index in [1.807, 2.05) is 6.07 Å². The van der Waals surface area contributed by atoms with Gasteiger partial charge in [0.1, 0.15) is 12.1 Å². The van der Waals surface area contributed by atoms with Crippen LogP contribution in [0.4, 0.5) is 4.39 Å². The van der Waals surface area contributed by atoms with Gasteiger partial charge in [-0.3, -0.25) is 9.78 Å². The smallest absolute Gasteiger partial charge is 0.254 e. The lowest BCUT2D eigenvalue weighted by Gasteiger charge is -2.08. The maximum atomic E-state index is 13.9. The van der Waals surface area contributed by atoms with Crippen LogP contribution in [0, 0.1) is 5.82 Å². The van der Waals surface area contributed by atoms with Crippen LogP contribution in [-0.2, 0) is 6.54 Å². The first kappa shape index (κ1) is 13.8. The van der Waals surface area contributed by atoms with Crippen molar-refractivity contribution in [1.29, 1.82) is 0 Å². The molecule has 0 unspecified atom stereocenters. The van der Waals surface area contributed by atoms with Crippen molar-refractivity contribution in [3.05, 3.63) is 66.0 Å². The van der Waals surface area contributed by atoms with Crippen molar-refractivity contribution in [3.8, 4) is 5.69 Å². The average Bonchev–Trinajstić information content (AvgIpc) is 3.08. The first-order valence-electron chi connectivity index (χ1n) is 6.44. The summed E-state index contributed by atoms with van der Waals surface area (Å²) in [7, 11) is 0. The Morgan fingerprint density at radius 2 is 2.23 bits per heavy atom. The van der Waals surface area contributed by atoms with Crippen LogP contribution in [0.1, 0.15) is 15.9 Å². The maximum absolute atomic E-state index is 13.9. The van der Waals surface area contributed by atoms with Crippen molar-refractivity contribution in [2.24, 2.45) is 0 Å². The Morgan fingerprint density at radius 1 is 1.32 bits per heavy atom. The Labute approximate surface area is 124 Å². The van der Waals surface area contributed by atoms with Crippen LogP contribution in [0.5, 0.6) is 0 Å². The van der Waals surface area contributed by atoms with Gasteiger partial charge < -0.3 is 5.32 Å². The minimum Gasteiger partial charge on any atom is -0.348 e. The van der Waals surface area contributed by atoms with E-state index in [9.17, 15) is 9.18 Å². The summed E-state index contributed by atoms with van der Waals surface area (Å²) in [5, 5.41) is 13.4. The van der Waals surface area contributed by atoms with Gasteiger partial charge in [-0.25, -0.2) is 9.07 Å². The van der Waals surface area contributed by atoms with E-state index in [2.05, 4.69) is 25.8 Å². The topological polar surface area (TPSA) is 85.6 Å². The lowest BCUT2D eigenvalue weighted by atomic mass is 10.1. The molecule has 22 heavy (non-hydrogen) atoms. The molecule has 7 nitrogen and oxygen atoms in total. The van der Waals surface area contributed by atoms with Crippen molar-refractivity contribution in [2.45, 2.75) is 6.54 Å². The third-order valence-corrected chi connectivity index (χ3v) is 2.98. The highest BCUT2D eigenvalue weighted by atomic mass is 19.1. The number of nitrogens with one attached hydrogen (secondary N) is 1. The molecule has 0 fully saturated rings. The van der Waals surface area contributed by atoms with E-state index in [1.165, 1.54) is 29.2 Å². The molecule has 0 saturated heterocycles. The predicted molar refractivity (Wildman–Crippen MR) is 74.5 cm³/mol. The standard InChI is InChI=1S/C14H11FN6O/c15-13-4-3-11(21-9-18-19-20-21)6-12(13)14(22)17-8-10-2-1-5-16-7-10/h1-7,9H,8H2,(H,17,22). The molecule has 110 valence electrons. The molecule has 8 heteroatoms. The Balaban J connectivity index is 1.78. The van der Waals surface area contributed by atoms with E-state index in [1.54, 1.807) is 18.5 Å². The molecule has 2 aromatic heterocycles. The quantitative estimate of drug-likeness (QED) is 0.780. The monoisotopic (exact) mass is 298 g/mol. The molecule has 1 aromatic carbocycles. The van der Waals surface area contributed by atoms with E-state index in [-0.39, 0.29) is 12.1 Å². The summed E-state index contributed by atoms with van der Waals surface area (Å²) in [6, 6.07) is 7.67. The normalized spacial score (nSPS) is 10.4. The van der Waals surface area contributed by atoms with Crippen LogP contribution in [0.25, 0.3) is 5.69 Å². The van der Waals surface area contributed by atoms with E-state index in [0.717, 1.165) is 5.56 Å². The van der Waals surface area contributed by atoms with Crippen molar-refractivity contribution >= 4 is 5.91 Å². The maximum Gasteiger partial charge on any atom is 0.254 e. The largest absolute Gasteiger partial charge is 0.348 e. The van der Waals surface area contributed by atoms with Crippen LogP contribution in [0.3, 0.4) is 0 Å². The van der Waals surface area contributed by atoms with Gasteiger partial charge in [-0.2, -0.15) is 0 Å². The second-order valence-corrected chi connectivity index (χ2v) is 4.46. The third kappa shape index (κ3) is 2.95. The lowest BCUT2D eigenvalue weighted by Crippen LogP contribution is -2.24. The van der Waals surface area contributed by atoms with Crippen LogP contribution in [-0.4, -0.2) is 31.1 Å². The van der Waals surface area contributed by atoms with E-state index in [0.29, 0.717) is 5.69 Å². The number of tetrazole rings is 1. The Morgan fingerprint density at radius 3 is 2.95 bits per heavy atom. The van der Waals surface area contributed by atoms with Crippen LogP contribution >= 0.6 is 0 Å². The van der Waals surface area contributed by atoms with Crippen molar-refractivity contribution in [1.82, 2.24) is 30.5 Å². The van der Waals surface area contributed by atoms with Gasteiger partial charge in [0.2, 0.25) is 0 Å². The fourth-order valence-corrected chi connectivity index (χ4v) is 1.89. The molecular weight excluding hydrogens is 287 g/mol. The fraction of sp³-hybridized carbons (Fsp3) is 0.0714. The van der Waals surface area contributed by atoms with Crippen molar-refractivity contribution in [2.75, 3.05) is 0 Å². The highest BCUT2D eigenvalue weighted by Crippen LogP contribution is 2.13. The second-order valence-electron chi connectivity index (χ2n) is 4.46. The molecule has 0 spiro atoms. The second kappa shape index (κ2) is 6.08. The molecule has 0 radical (unpaired) electrons. The number of amides is 1. The number of rotatable bonds is 4. The molecule has 0 aliphatic rings. The average molecular weight is 298 g/mol. The predicted octanol–water partition coefficient (Wildman–Crippen LogP) is 1.13. The molecule has 3 aromatic rings. The van der Waals surface area contributed by atoms with Gasteiger partial charge in [0.15, 0.2) is 0 Å². The molecule has 0 aliphatic heterocycles. The highest BCUT2D eigenvalue weighted by Gasteiger charge is 2.13. The molecule has 1 amide bonds. The summed E-state index contributed by atoms with van der Waals surface area (Å²) >= 11 is 0. The van der Waals surface area contributed by atoms with Gasteiger partial charge in [0.05, 0.1) is 11.3 Å². The minimum atomic E-state index is -0.611. The van der Waals surface area contributed by atoms with Gasteiger partial charge in [0, 0.05) is 18.9 Å². The summed E-state index contributed by atoms with van der Waals surface area (Å²) in [6.45, 7) is 0.265. The van der Waals surface area contributed by atoms with Gasteiger partial charge in [-0.15, -0.1) is 5.10 Å². The van der Waals surface area contributed by atoms with E-state index in [4.69, 9.17) is 0 Å². The first-order valence-corrected chi connectivity index (χ1v) is 6.44. The lowest BCUT2D eigenvalue weighted by molar-refractivity contribution is 0.0947. The number of carbonyl (C=O) groups is 1. The summed E-state index contributed by atoms with van der Waals surface area (Å²) in [4.78, 5) is 16.1. The number of nitrogens with zero attached hydrogens (tertiary/aromatic N) is 5. The number of hydrogen-bond acceptors (Lipinski definition) is 5. The zero-order valence-electron chi connectivity index (χ0n) is 11.3. The zero-order valence-corrected chi connectivity index (χ0v) is 11.3. The van der Waals surface area contributed by atoms with Gasteiger partial charge in [-0.1, -0.05) is 6.07 Å². The van der Waals surface area contributed by atoms with Crippen LogP contribution < -0.4 is 5.32 Å². The van der Waals surface area contributed by atoms with Gasteiger partial charge in [-0.05, 0) is 40.3 Å². The summed E-state index contributed by atoms with van der Waals surface area (Å²) in [5.74, 6) is -1.13. The van der Waals surface area contributed by atoms with Gasteiger partial charge >= 0.3 is 0 Å². The molecule has 1 N–H and O–H groups in total. The van der Waals surface area contributed by atoms with E-state index >= 15 is 0 Å². The highest BCUT2D eigenvalue weighted by molar-refractivity contribution is 5.95. The van der Waals surface area contributed by atoms with Crippen LogP contribution in [0.15, 0.2) is 49.1 Å².